The predicted octanol–water partition coefficient (Wildman–Crippen LogP) is 5.40. The van der Waals surface area contributed by atoms with E-state index in [1.165, 1.54) is 5.56 Å². The molecule has 2 amide bonds. The number of nitrogens with one attached hydrogen (secondary N) is 1. The third-order valence-corrected chi connectivity index (χ3v) is 5.27. The fourth-order valence-electron chi connectivity index (χ4n) is 3.51. The van der Waals surface area contributed by atoms with Crippen LogP contribution >= 0.6 is 0 Å². The number of amides is 2. The number of hydrogen-bond donors (Lipinski definition) is 1. The molecule has 0 aliphatic carbocycles. The van der Waals surface area contributed by atoms with E-state index in [-0.39, 0.29) is 17.2 Å². The molecule has 0 spiro atoms. The fraction of sp³-hybridized carbons (Fsp3) is 0.200. The van der Waals surface area contributed by atoms with Gasteiger partial charge in [0.25, 0.3) is 11.8 Å². The molecule has 1 aliphatic heterocycles. The SMILES string of the molecule is CC(C)(C)c1ccc(C(=O)Nc2ccc(N3Cc4ccccc4C3=O)cc2)cc1. The maximum Gasteiger partial charge on any atom is 0.258 e. The first-order chi connectivity index (χ1) is 13.8. The number of rotatable bonds is 3. The van der Waals surface area contributed by atoms with Crippen LogP contribution in [0, 0.1) is 0 Å². The van der Waals surface area contributed by atoms with E-state index < -0.39 is 0 Å². The van der Waals surface area contributed by atoms with Crippen molar-refractivity contribution < 1.29 is 9.59 Å². The molecule has 1 aliphatic rings. The highest BCUT2D eigenvalue weighted by Gasteiger charge is 2.27. The van der Waals surface area contributed by atoms with Gasteiger partial charge in [0.2, 0.25) is 0 Å². The molecule has 0 saturated heterocycles. The number of hydrogen-bond acceptors (Lipinski definition) is 2. The van der Waals surface area contributed by atoms with E-state index in [0.29, 0.717) is 17.8 Å². The summed E-state index contributed by atoms with van der Waals surface area (Å²) in [4.78, 5) is 26.9. The van der Waals surface area contributed by atoms with Crippen LogP contribution in [0.2, 0.25) is 0 Å². The monoisotopic (exact) mass is 384 g/mol. The summed E-state index contributed by atoms with van der Waals surface area (Å²) in [7, 11) is 0. The van der Waals surface area contributed by atoms with Crippen LogP contribution in [-0.2, 0) is 12.0 Å². The van der Waals surface area contributed by atoms with Crippen molar-refractivity contribution in [2.24, 2.45) is 0 Å². The average molecular weight is 384 g/mol. The van der Waals surface area contributed by atoms with Crippen LogP contribution in [0.4, 0.5) is 11.4 Å². The van der Waals surface area contributed by atoms with Crippen molar-refractivity contribution in [3.63, 3.8) is 0 Å². The van der Waals surface area contributed by atoms with Crippen LogP contribution in [0.15, 0.2) is 72.8 Å². The van der Waals surface area contributed by atoms with Gasteiger partial charge in [-0.1, -0.05) is 51.1 Å². The Balaban J connectivity index is 1.45. The zero-order valence-corrected chi connectivity index (χ0v) is 16.9. The minimum absolute atomic E-state index is 0.0105. The van der Waals surface area contributed by atoms with E-state index in [4.69, 9.17) is 0 Å². The number of carbonyl (C=O) groups excluding carboxylic acids is 2. The lowest BCUT2D eigenvalue weighted by atomic mass is 9.87. The Morgan fingerprint density at radius 2 is 1.55 bits per heavy atom. The molecular weight excluding hydrogens is 360 g/mol. The minimum Gasteiger partial charge on any atom is -0.322 e. The van der Waals surface area contributed by atoms with E-state index in [9.17, 15) is 9.59 Å². The molecular formula is C25H24N2O2. The van der Waals surface area contributed by atoms with Crippen LogP contribution in [0.1, 0.15) is 52.6 Å². The zero-order chi connectivity index (χ0) is 20.6. The second-order valence-corrected chi connectivity index (χ2v) is 8.38. The Labute approximate surface area is 171 Å². The molecule has 0 aromatic heterocycles. The molecule has 0 bridgehead atoms. The number of nitrogens with zero attached hydrogens (tertiary/aromatic N) is 1. The second-order valence-electron chi connectivity index (χ2n) is 8.38. The summed E-state index contributed by atoms with van der Waals surface area (Å²) in [6.45, 7) is 7.01. The van der Waals surface area contributed by atoms with Gasteiger partial charge in [-0.15, -0.1) is 0 Å². The molecule has 0 atom stereocenters. The maximum atomic E-state index is 12.6. The van der Waals surface area contributed by atoms with Gasteiger partial charge in [0, 0.05) is 22.5 Å². The fourth-order valence-corrected chi connectivity index (χ4v) is 3.51. The van der Waals surface area contributed by atoms with E-state index in [1.54, 1.807) is 4.90 Å². The second kappa shape index (κ2) is 7.21. The van der Waals surface area contributed by atoms with Gasteiger partial charge in [-0.2, -0.15) is 0 Å². The maximum absolute atomic E-state index is 12.6. The molecule has 4 rings (SSSR count). The Bertz CT molecular complexity index is 1060. The van der Waals surface area contributed by atoms with Gasteiger partial charge in [-0.05, 0) is 59.0 Å². The standard InChI is InChI=1S/C25H24N2O2/c1-25(2,3)19-10-8-17(9-11-19)23(28)26-20-12-14-21(15-13-20)27-16-18-6-4-5-7-22(18)24(27)29/h4-15H,16H2,1-3H3,(H,26,28). The Hall–Kier alpha value is -3.40. The molecule has 1 heterocycles. The summed E-state index contributed by atoms with van der Waals surface area (Å²) in [6, 6.07) is 22.7. The van der Waals surface area contributed by atoms with Crippen molar-refractivity contribution in [2.75, 3.05) is 10.2 Å². The lowest BCUT2D eigenvalue weighted by Crippen LogP contribution is -2.22. The quantitative estimate of drug-likeness (QED) is 0.657. The Morgan fingerprint density at radius 1 is 0.897 bits per heavy atom. The number of benzene rings is 3. The third kappa shape index (κ3) is 3.79. The average Bonchev–Trinajstić information content (AvgIpc) is 3.05. The van der Waals surface area contributed by atoms with E-state index in [2.05, 4.69) is 26.1 Å². The van der Waals surface area contributed by atoms with E-state index >= 15 is 0 Å². The van der Waals surface area contributed by atoms with Crippen molar-refractivity contribution in [3.05, 3.63) is 95.1 Å². The summed E-state index contributed by atoms with van der Waals surface area (Å²) in [5, 5.41) is 2.92. The number of fused-ring (bicyclic) bond motifs is 1. The molecule has 0 saturated carbocycles. The highest BCUT2D eigenvalue weighted by molar-refractivity contribution is 6.10. The zero-order valence-electron chi connectivity index (χ0n) is 16.9. The normalized spacial score (nSPS) is 13.3. The summed E-state index contributed by atoms with van der Waals surface area (Å²) < 4.78 is 0. The first-order valence-electron chi connectivity index (χ1n) is 9.75. The molecule has 4 heteroatoms. The molecule has 0 unspecified atom stereocenters. The van der Waals surface area contributed by atoms with Crippen LogP contribution in [0.5, 0.6) is 0 Å². The molecule has 0 radical (unpaired) electrons. The van der Waals surface area contributed by atoms with Gasteiger partial charge in [0.15, 0.2) is 0 Å². The van der Waals surface area contributed by atoms with Crippen LogP contribution in [0.25, 0.3) is 0 Å². The van der Waals surface area contributed by atoms with Gasteiger partial charge >= 0.3 is 0 Å². The van der Waals surface area contributed by atoms with Crippen molar-refractivity contribution in [2.45, 2.75) is 32.7 Å². The van der Waals surface area contributed by atoms with Crippen LogP contribution in [-0.4, -0.2) is 11.8 Å². The van der Waals surface area contributed by atoms with Gasteiger partial charge in [0.1, 0.15) is 0 Å². The van der Waals surface area contributed by atoms with Gasteiger partial charge in [-0.3, -0.25) is 9.59 Å². The molecule has 3 aromatic rings. The lowest BCUT2D eigenvalue weighted by Gasteiger charge is -2.19. The van der Waals surface area contributed by atoms with Crippen LogP contribution in [0.3, 0.4) is 0 Å². The van der Waals surface area contributed by atoms with Crippen molar-refractivity contribution in [1.82, 2.24) is 0 Å². The van der Waals surface area contributed by atoms with Crippen molar-refractivity contribution in [3.8, 4) is 0 Å². The smallest absolute Gasteiger partial charge is 0.258 e. The first kappa shape index (κ1) is 18.9. The topological polar surface area (TPSA) is 49.4 Å². The minimum atomic E-state index is -0.150. The van der Waals surface area contributed by atoms with Crippen molar-refractivity contribution in [1.29, 1.82) is 0 Å². The van der Waals surface area contributed by atoms with Gasteiger partial charge < -0.3 is 10.2 Å². The predicted molar refractivity (Wildman–Crippen MR) is 116 cm³/mol. The number of carbonyl (C=O) groups is 2. The largest absolute Gasteiger partial charge is 0.322 e. The Morgan fingerprint density at radius 3 is 2.17 bits per heavy atom. The lowest BCUT2D eigenvalue weighted by molar-refractivity contribution is 0.0994. The number of anilines is 2. The summed E-state index contributed by atoms with van der Waals surface area (Å²) in [6.07, 6.45) is 0. The first-order valence-corrected chi connectivity index (χ1v) is 9.75. The summed E-state index contributed by atoms with van der Waals surface area (Å²) >= 11 is 0. The third-order valence-electron chi connectivity index (χ3n) is 5.27. The molecule has 1 N–H and O–H groups in total. The van der Waals surface area contributed by atoms with E-state index in [1.807, 2.05) is 72.8 Å². The summed E-state index contributed by atoms with van der Waals surface area (Å²) in [5.74, 6) is -0.140. The highest BCUT2D eigenvalue weighted by atomic mass is 16.2. The van der Waals surface area contributed by atoms with Crippen LogP contribution < -0.4 is 10.2 Å². The van der Waals surface area contributed by atoms with Gasteiger partial charge in [-0.25, -0.2) is 0 Å². The highest BCUT2D eigenvalue weighted by Crippen LogP contribution is 2.29. The molecule has 3 aromatic carbocycles. The molecule has 146 valence electrons. The van der Waals surface area contributed by atoms with E-state index in [0.717, 1.165) is 16.8 Å². The summed E-state index contributed by atoms with van der Waals surface area (Å²) in [5.41, 5.74) is 5.16. The molecule has 4 nitrogen and oxygen atoms in total. The van der Waals surface area contributed by atoms with Gasteiger partial charge in [0.05, 0.1) is 6.54 Å². The Kier molecular flexibility index (Phi) is 4.71. The van der Waals surface area contributed by atoms with Crippen molar-refractivity contribution >= 4 is 23.2 Å². The molecule has 29 heavy (non-hydrogen) atoms. The molecule has 0 fully saturated rings.